The van der Waals surface area contributed by atoms with Gasteiger partial charge < -0.3 is 19.9 Å². The summed E-state index contributed by atoms with van der Waals surface area (Å²) in [4.78, 5) is 12.2. The summed E-state index contributed by atoms with van der Waals surface area (Å²) in [6.45, 7) is 6.87. The van der Waals surface area contributed by atoms with E-state index in [4.69, 9.17) is 9.47 Å². The van der Waals surface area contributed by atoms with Gasteiger partial charge >= 0.3 is 0 Å². The third-order valence-electron chi connectivity index (χ3n) is 4.35. The number of hydrogen-bond donors (Lipinski definition) is 2. The van der Waals surface area contributed by atoms with Crippen LogP contribution in [0.15, 0.2) is 18.2 Å². The molecule has 0 bridgehead atoms. The molecule has 0 aliphatic carbocycles. The smallest absolute Gasteiger partial charge is 0.251 e. The predicted octanol–water partition coefficient (Wildman–Crippen LogP) is 2.08. The van der Waals surface area contributed by atoms with Crippen molar-refractivity contribution >= 4 is 5.91 Å². The first-order valence-corrected chi connectivity index (χ1v) is 7.26. The molecule has 2 atom stereocenters. The molecule has 1 aliphatic heterocycles. The van der Waals surface area contributed by atoms with E-state index in [0.29, 0.717) is 18.7 Å². The highest BCUT2D eigenvalue weighted by Gasteiger charge is 2.28. The Morgan fingerprint density at radius 2 is 2.29 bits per heavy atom. The summed E-state index contributed by atoms with van der Waals surface area (Å²) in [5, 5.41) is 12.7. The number of benzene rings is 1. The Labute approximate surface area is 125 Å². The van der Waals surface area contributed by atoms with Crippen molar-refractivity contribution in [2.24, 2.45) is 5.41 Å². The highest BCUT2D eigenvalue weighted by atomic mass is 16.7. The number of carbonyl (C=O) groups is 1. The van der Waals surface area contributed by atoms with Crippen LogP contribution in [-0.2, 0) is 11.3 Å². The summed E-state index contributed by atoms with van der Waals surface area (Å²) in [6, 6.07) is 5.32. The minimum Gasteiger partial charge on any atom is -0.467 e. The van der Waals surface area contributed by atoms with E-state index in [0.717, 1.165) is 17.7 Å². The summed E-state index contributed by atoms with van der Waals surface area (Å²) in [7, 11) is 0. The lowest BCUT2D eigenvalue weighted by Gasteiger charge is -2.31. The molecule has 0 fully saturated rings. The molecule has 116 valence electrons. The zero-order chi connectivity index (χ0) is 15.5. The van der Waals surface area contributed by atoms with Gasteiger partial charge in [-0.25, -0.2) is 0 Å². The molecule has 0 unspecified atom stereocenters. The van der Waals surface area contributed by atoms with Crippen molar-refractivity contribution in [3.8, 4) is 5.75 Å². The lowest BCUT2D eigenvalue weighted by Crippen LogP contribution is -2.41. The van der Waals surface area contributed by atoms with Gasteiger partial charge in [0.25, 0.3) is 5.91 Å². The maximum absolute atomic E-state index is 12.2. The van der Waals surface area contributed by atoms with Gasteiger partial charge in [-0.05, 0) is 31.5 Å². The van der Waals surface area contributed by atoms with Crippen molar-refractivity contribution in [1.82, 2.24) is 5.32 Å². The minimum atomic E-state index is -0.479. The van der Waals surface area contributed by atoms with Gasteiger partial charge in [-0.15, -0.1) is 0 Å². The number of amides is 1. The second-order valence-electron chi connectivity index (χ2n) is 5.80. The van der Waals surface area contributed by atoms with Gasteiger partial charge in [0.05, 0.1) is 12.7 Å². The fraction of sp³-hybridized carbons (Fsp3) is 0.562. The maximum Gasteiger partial charge on any atom is 0.251 e. The Morgan fingerprint density at radius 1 is 1.52 bits per heavy atom. The molecule has 5 nitrogen and oxygen atoms in total. The monoisotopic (exact) mass is 293 g/mol. The van der Waals surface area contributed by atoms with Crippen LogP contribution < -0.4 is 10.1 Å². The highest BCUT2D eigenvalue weighted by molar-refractivity contribution is 5.94. The van der Waals surface area contributed by atoms with Crippen molar-refractivity contribution in [3.05, 3.63) is 29.3 Å². The van der Waals surface area contributed by atoms with Gasteiger partial charge in [-0.1, -0.05) is 13.8 Å². The number of hydrogen-bond acceptors (Lipinski definition) is 4. The molecule has 0 spiro atoms. The standard InChI is InChI=1S/C16H23NO4/c1-4-16(3,11(2)18)9-17-15(19)12-5-6-14-13(7-12)8-20-10-21-14/h5-7,11,18H,4,8-10H2,1-3H3,(H,17,19)/t11-,16-/m0/s1. The summed E-state index contributed by atoms with van der Waals surface area (Å²) in [5.41, 5.74) is 1.13. The first-order valence-electron chi connectivity index (χ1n) is 7.26. The average molecular weight is 293 g/mol. The first-order chi connectivity index (χ1) is 9.96. The third-order valence-corrected chi connectivity index (χ3v) is 4.35. The second-order valence-corrected chi connectivity index (χ2v) is 5.80. The van der Waals surface area contributed by atoms with Crippen LogP contribution in [-0.4, -0.2) is 30.5 Å². The zero-order valence-electron chi connectivity index (χ0n) is 12.8. The molecule has 1 aromatic carbocycles. The van der Waals surface area contributed by atoms with Gasteiger partial charge in [0.1, 0.15) is 5.75 Å². The molecule has 5 heteroatoms. The molecular formula is C16H23NO4. The first kappa shape index (κ1) is 15.8. The van der Waals surface area contributed by atoms with Crippen molar-refractivity contribution in [2.75, 3.05) is 13.3 Å². The Morgan fingerprint density at radius 3 is 2.95 bits per heavy atom. The normalized spacial score (nSPS) is 18.1. The van der Waals surface area contributed by atoms with Crippen LogP contribution in [0.3, 0.4) is 0 Å². The van der Waals surface area contributed by atoms with E-state index in [1.807, 2.05) is 13.8 Å². The molecule has 2 N–H and O–H groups in total. The Bertz CT molecular complexity index is 515. The van der Waals surface area contributed by atoms with E-state index < -0.39 is 6.10 Å². The van der Waals surface area contributed by atoms with E-state index in [-0.39, 0.29) is 18.1 Å². The van der Waals surface area contributed by atoms with E-state index in [2.05, 4.69) is 5.32 Å². The topological polar surface area (TPSA) is 67.8 Å². The van der Waals surface area contributed by atoms with Crippen LogP contribution >= 0.6 is 0 Å². The molecule has 0 radical (unpaired) electrons. The number of rotatable bonds is 5. The molecule has 1 aliphatic rings. The lowest BCUT2D eigenvalue weighted by atomic mass is 9.82. The van der Waals surface area contributed by atoms with Gasteiger partial charge in [0, 0.05) is 23.1 Å². The number of fused-ring (bicyclic) bond motifs is 1. The molecule has 2 rings (SSSR count). The molecule has 0 saturated heterocycles. The van der Waals surface area contributed by atoms with Crippen LogP contribution in [0.4, 0.5) is 0 Å². The summed E-state index contributed by atoms with van der Waals surface area (Å²) >= 11 is 0. The number of nitrogens with one attached hydrogen (secondary N) is 1. The van der Waals surface area contributed by atoms with Gasteiger partial charge in [0.15, 0.2) is 6.79 Å². The number of carbonyl (C=O) groups excluding carboxylic acids is 1. The lowest BCUT2D eigenvalue weighted by molar-refractivity contribution is -0.0163. The molecule has 1 heterocycles. The third kappa shape index (κ3) is 3.54. The van der Waals surface area contributed by atoms with Gasteiger partial charge in [-0.3, -0.25) is 4.79 Å². The van der Waals surface area contributed by atoms with Crippen LogP contribution in [0.1, 0.15) is 43.1 Å². The number of aliphatic hydroxyl groups is 1. The average Bonchev–Trinajstić information content (AvgIpc) is 2.51. The fourth-order valence-electron chi connectivity index (χ4n) is 2.18. The maximum atomic E-state index is 12.2. The SMILES string of the molecule is CC[C@@](C)(CNC(=O)c1ccc2c(c1)COCO2)[C@H](C)O. The number of ether oxygens (including phenoxy) is 2. The van der Waals surface area contributed by atoms with Crippen LogP contribution in [0, 0.1) is 5.41 Å². The van der Waals surface area contributed by atoms with Crippen LogP contribution in [0.5, 0.6) is 5.75 Å². The zero-order valence-corrected chi connectivity index (χ0v) is 12.8. The summed E-state index contributed by atoms with van der Waals surface area (Å²) in [5.74, 6) is 0.615. The quantitative estimate of drug-likeness (QED) is 0.872. The van der Waals surface area contributed by atoms with E-state index in [1.54, 1.807) is 25.1 Å². The summed E-state index contributed by atoms with van der Waals surface area (Å²) < 4.78 is 10.5. The van der Waals surface area contributed by atoms with Crippen molar-refractivity contribution in [3.63, 3.8) is 0 Å². The van der Waals surface area contributed by atoms with Crippen molar-refractivity contribution < 1.29 is 19.4 Å². The van der Waals surface area contributed by atoms with E-state index in [9.17, 15) is 9.90 Å². The minimum absolute atomic E-state index is 0.149. The van der Waals surface area contributed by atoms with E-state index in [1.165, 1.54) is 0 Å². The largest absolute Gasteiger partial charge is 0.467 e. The van der Waals surface area contributed by atoms with Gasteiger partial charge in [-0.2, -0.15) is 0 Å². The Hall–Kier alpha value is -1.59. The highest BCUT2D eigenvalue weighted by Crippen LogP contribution is 2.26. The molecule has 0 aromatic heterocycles. The molecule has 1 aromatic rings. The molecule has 1 amide bonds. The second kappa shape index (κ2) is 6.45. The summed E-state index contributed by atoms with van der Waals surface area (Å²) in [6.07, 6.45) is 0.310. The van der Waals surface area contributed by atoms with E-state index >= 15 is 0 Å². The van der Waals surface area contributed by atoms with Gasteiger partial charge in [0.2, 0.25) is 0 Å². The fourth-order valence-corrected chi connectivity index (χ4v) is 2.18. The Kier molecular flexibility index (Phi) is 4.85. The molecular weight excluding hydrogens is 270 g/mol. The van der Waals surface area contributed by atoms with Crippen LogP contribution in [0.2, 0.25) is 0 Å². The van der Waals surface area contributed by atoms with Crippen LogP contribution in [0.25, 0.3) is 0 Å². The Balaban J connectivity index is 2.04. The predicted molar refractivity (Wildman–Crippen MR) is 79.1 cm³/mol. The van der Waals surface area contributed by atoms with Crippen molar-refractivity contribution in [2.45, 2.75) is 39.9 Å². The number of aliphatic hydroxyl groups excluding tert-OH is 1. The molecule has 0 saturated carbocycles. The van der Waals surface area contributed by atoms with Crippen molar-refractivity contribution in [1.29, 1.82) is 0 Å². The molecule has 21 heavy (non-hydrogen) atoms.